The van der Waals surface area contributed by atoms with Gasteiger partial charge in [-0.05, 0) is 58.2 Å². The van der Waals surface area contributed by atoms with Gasteiger partial charge in [-0.2, -0.15) is 0 Å². The molecule has 44 heavy (non-hydrogen) atoms. The molecular weight excluding hydrogens is 536 g/mol. The van der Waals surface area contributed by atoms with Crippen LogP contribution in [0.15, 0.2) is 158 Å². The van der Waals surface area contributed by atoms with E-state index in [1.54, 1.807) is 0 Å². The molecule has 3 heteroatoms. The van der Waals surface area contributed by atoms with Gasteiger partial charge in [-0.25, -0.2) is 0 Å². The van der Waals surface area contributed by atoms with E-state index in [1.165, 1.54) is 27.8 Å². The highest BCUT2D eigenvalue weighted by atomic mass is 16.5. The average molecular weight is 565 g/mol. The van der Waals surface area contributed by atoms with E-state index in [0.29, 0.717) is 0 Å². The third kappa shape index (κ3) is 3.50. The predicted molar refractivity (Wildman–Crippen MR) is 178 cm³/mol. The summed E-state index contributed by atoms with van der Waals surface area (Å²) < 4.78 is 6.64. The number of hydrogen-bond donors (Lipinski definition) is 2. The number of para-hydroxylation sites is 1. The summed E-state index contributed by atoms with van der Waals surface area (Å²) in [6.45, 7) is 0. The zero-order chi connectivity index (χ0) is 29.1. The Bertz CT molecular complexity index is 2100. The van der Waals surface area contributed by atoms with E-state index >= 15 is 0 Å². The lowest BCUT2D eigenvalue weighted by Crippen LogP contribution is -2.34. The summed E-state index contributed by atoms with van der Waals surface area (Å²) in [5.74, 6) is 1.78. The molecule has 0 bridgehead atoms. The van der Waals surface area contributed by atoms with Gasteiger partial charge < -0.3 is 10.2 Å². The molecule has 3 aliphatic rings. The number of nitrogens with one attached hydrogen (secondary N) is 2. The second-order valence-electron chi connectivity index (χ2n) is 11.5. The normalized spacial score (nSPS) is 15.1. The van der Waals surface area contributed by atoms with Crippen LogP contribution in [0.3, 0.4) is 0 Å². The minimum atomic E-state index is -0.497. The molecule has 0 saturated heterocycles. The van der Waals surface area contributed by atoms with E-state index in [4.69, 9.17) is 4.74 Å². The molecule has 0 aromatic heterocycles. The highest BCUT2D eigenvalue weighted by Gasteiger charge is 2.51. The van der Waals surface area contributed by atoms with Crippen LogP contribution in [-0.4, -0.2) is 0 Å². The largest absolute Gasteiger partial charge is 0.457 e. The van der Waals surface area contributed by atoms with Gasteiger partial charge in [-0.15, -0.1) is 0 Å². The SMILES string of the molecule is C1=C(c2ccc3c(c2)C2(c4ccccc4O3)c3ccccc3-c3ccccc32)NNC(c2ccccc2)=C1c1ccccc1. The fraction of sp³-hybridized carbons (Fsp3) is 0.0244. The van der Waals surface area contributed by atoms with E-state index in [2.05, 4.69) is 163 Å². The smallest absolute Gasteiger partial charge is 0.132 e. The number of rotatable bonds is 3. The highest BCUT2D eigenvalue weighted by Crippen LogP contribution is 2.62. The third-order valence-corrected chi connectivity index (χ3v) is 9.19. The second-order valence-corrected chi connectivity index (χ2v) is 11.5. The number of benzene rings is 6. The van der Waals surface area contributed by atoms with Crippen LogP contribution < -0.4 is 15.6 Å². The first-order valence-corrected chi connectivity index (χ1v) is 15.0. The van der Waals surface area contributed by atoms with Crippen molar-refractivity contribution in [1.29, 1.82) is 0 Å². The van der Waals surface area contributed by atoms with Gasteiger partial charge >= 0.3 is 0 Å². The number of hydrazine groups is 1. The van der Waals surface area contributed by atoms with Crippen molar-refractivity contribution in [2.45, 2.75) is 5.41 Å². The molecule has 1 spiro atoms. The fourth-order valence-corrected chi connectivity index (χ4v) is 7.31. The Labute approximate surface area is 256 Å². The van der Waals surface area contributed by atoms with Crippen molar-refractivity contribution in [2.24, 2.45) is 0 Å². The maximum absolute atomic E-state index is 6.64. The fourth-order valence-electron chi connectivity index (χ4n) is 7.31. The van der Waals surface area contributed by atoms with Crippen molar-refractivity contribution >= 4 is 17.0 Å². The molecule has 0 saturated carbocycles. The molecule has 6 aromatic carbocycles. The van der Waals surface area contributed by atoms with Crippen molar-refractivity contribution in [1.82, 2.24) is 10.9 Å². The van der Waals surface area contributed by atoms with Crippen molar-refractivity contribution in [2.75, 3.05) is 0 Å². The molecule has 2 N–H and O–H groups in total. The van der Waals surface area contributed by atoms with E-state index in [9.17, 15) is 0 Å². The lowest BCUT2D eigenvalue weighted by molar-refractivity contribution is 0.436. The summed E-state index contributed by atoms with van der Waals surface area (Å²) in [6, 6.07) is 53.8. The Morgan fingerprint density at radius 3 is 1.70 bits per heavy atom. The summed E-state index contributed by atoms with van der Waals surface area (Å²) in [7, 11) is 0. The molecule has 0 unspecified atom stereocenters. The Hall–Kier alpha value is -5.80. The molecule has 2 heterocycles. The first kappa shape index (κ1) is 24.8. The van der Waals surface area contributed by atoms with Gasteiger partial charge in [0.15, 0.2) is 0 Å². The van der Waals surface area contributed by atoms with Gasteiger partial charge in [0.05, 0.1) is 16.8 Å². The summed E-state index contributed by atoms with van der Waals surface area (Å²) in [4.78, 5) is 0. The quantitative estimate of drug-likeness (QED) is 0.224. The first-order valence-electron chi connectivity index (χ1n) is 15.0. The zero-order valence-electron chi connectivity index (χ0n) is 23.9. The molecule has 6 aromatic rings. The monoisotopic (exact) mass is 564 g/mol. The van der Waals surface area contributed by atoms with Gasteiger partial charge in [0.1, 0.15) is 11.5 Å². The van der Waals surface area contributed by atoms with Crippen molar-refractivity contribution < 1.29 is 4.74 Å². The minimum absolute atomic E-state index is 0.497. The van der Waals surface area contributed by atoms with Crippen LogP contribution in [0.25, 0.3) is 28.1 Å². The van der Waals surface area contributed by atoms with E-state index in [1.807, 2.05) is 6.07 Å². The molecule has 0 amide bonds. The standard InChI is InChI=1S/C41H28N2O/c1-3-13-27(14-4-1)32-26-37(42-43-40(32)28-15-5-2-6-16-28)29-23-24-39-36(25-29)41(35-21-11-12-22-38(35)44-39)33-19-9-7-17-30(33)31-18-8-10-20-34(31)41/h1-26,42-43H. The molecule has 9 rings (SSSR count). The Morgan fingerprint density at radius 2 is 1.00 bits per heavy atom. The van der Waals surface area contributed by atoms with Crippen molar-refractivity contribution in [3.63, 3.8) is 0 Å². The van der Waals surface area contributed by atoms with Crippen LogP contribution in [0.2, 0.25) is 0 Å². The topological polar surface area (TPSA) is 33.3 Å². The number of allylic oxidation sites excluding steroid dienone is 2. The zero-order valence-corrected chi connectivity index (χ0v) is 23.9. The van der Waals surface area contributed by atoms with E-state index in [0.717, 1.165) is 50.7 Å². The Kier molecular flexibility index (Phi) is 5.41. The molecule has 208 valence electrons. The maximum atomic E-state index is 6.64. The van der Waals surface area contributed by atoms with Crippen LogP contribution in [-0.2, 0) is 5.41 Å². The predicted octanol–water partition coefficient (Wildman–Crippen LogP) is 9.17. The molecule has 2 aliphatic heterocycles. The third-order valence-electron chi connectivity index (χ3n) is 9.19. The lowest BCUT2D eigenvalue weighted by Gasteiger charge is -2.39. The van der Waals surface area contributed by atoms with Gasteiger partial charge in [0.25, 0.3) is 0 Å². The van der Waals surface area contributed by atoms with E-state index in [-0.39, 0.29) is 0 Å². The van der Waals surface area contributed by atoms with E-state index < -0.39 is 5.41 Å². The van der Waals surface area contributed by atoms with Crippen LogP contribution in [0, 0.1) is 0 Å². The molecule has 1 aliphatic carbocycles. The molecule has 0 atom stereocenters. The van der Waals surface area contributed by atoms with Gasteiger partial charge in [0.2, 0.25) is 0 Å². The number of ether oxygens (including phenoxy) is 1. The van der Waals surface area contributed by atoms with Gasteiger partial charge in [-0.3, -0.25) is 5.43 Å². The number of hydrogen-bond acceptors (Lipinski definition) is 3. The Balaban J connectivity index is 1.28. The highest BCUT2D eigenvalue weighted by molar-refractivity contribution is 6.00. The van der Waals surface area contributed by atoms with Crippen LogP contribution in [0.5, 0.6) is 11.5 Å². The Morgan fingerprint density at radius 1 is 0.432 bits per heavy atom. The van der Waals surface area contributed by atoms with Crippen LogP contribution in [0.4, 0.5) is 0 Å². The first-order chi connectivity index (χ1) is 21.8. The van der Waals surface area contributed by atoms with Crippen molar-refractivity contribution in [3.8, 4) is 22.6 Å². The van der Waals surface area contributed by atoms with Crippen molar-refractivity contribution in [3.05, 3.63) is 197 Å². The summed E-state index contributed by atoms with van der Waals surface area (Å²) >= 11 is 0. The second kappa shape index (κ2) is 9.62. The average Bonchev–Trinajstić information content (AvgIpc) is 3.40. The van der Waals surface area contributed by atoms with Gasteiger partial charge in [0, 0.05) is 27.8 Å². The molecule has 3 nitrogen and oxygen atoms in total. The molecule has 0 fully saturated rings. The minimum Gasteiger partial charge on any atom is -0.457 e. The summed E-state index contributed by atoms with van der Waals surface area (Å²) in [5.41, 5.74) is 20.6. The lowest BCUT2D eigenvalue weighted by atomic mass is 9.66. The maximum Gasteiger partial charge on any atom is 0.132 e. The van der Waals surface area contributed by atoms with Gasteiger partial charge in [-0.1, -0.05) is 127 Å². The summed E-state index contributed by atoms with van der Waals surface area (Å²) in [5, 5.41) is 0. The van der Waals surface area contributed by atoms with Crippen LogP contribution in [0.1, 0.15) is 38.9 Å². The molecule has 0 radical (unpaired) electrons. The summed E-state index contributed by atoms with van der Waals surface area (Å²) in [6.07, 6.45) is 2.26. The molecular formula is C41H28N2O. The number of fused-ring (bicyclic) bond motifs is 9. The van der Waals surface area contributed by atoms with Crippen LogP contribution >= 0.6 is 0 Å².